The Morgan fingerprint density at radius 2 is 1.14 bits per heavy atom. The first-order valence-electron chi connectivity index (χ1n) is 7.56. The highest BCUT2D eigenvalue weighted by molar-refractivity contribution is 5.52. The summed E-state index contributed by atoms with van der Waals surface area (Å²) in [5.74, 6) is 0.660. The molecule has 21 heavy (non-hydrogen) atoms. The summed E-state index contributed by atoms with van der Waals surface area (Å²) in [6, 6.07) is 11.4. The van der Waals surface area contributed by atoms with E-state index in [1.54, 1.807) is 12.1 Å². The second-order valence-corrected chi connectivity index (χ2v) is 5.69. The first-order valence-corrected chi connectivity index (χ1v) is 7.56. The number of hydrogen-bond acceptors (Lipinski definition) is 2. The van der Waals surface area contributed by atoms with E-state index in [1.807, 2.05) is 26.0 Å². The first kappa shape index (κ1) is 15.4. The highest BCUT2D eigenvalue weighted by Gasteiger charge is 2.34. The molecule has 0 fully saturated rings. The van der Waals surface area contributed by atoms with Crippen molar-refractivity contribution in [2.24, 2.45) is 0 Å². The van der Waals surface area contributed by atoms with Crippen molar-refractivity contribution in [2.45, 2.75) is 46.0 Å². The predicted molar refractivity (Wildman–Crippen MR) is 87.0 cm³/mol. The van der Waals surface area contributed by atoms with E-state index in [0.717, 1.165) is 35.1 Å². The topological polar surface area (TPSA) is 40.5 Å². The Labute approximate surface area is 127 Å². The van der Waals surface area contributed by atoms with Gasteiger partial charge in [0.2, 0.25) is 0 Å². The predicted octanol–water partition coefficient (Wildman–Crippen LogP) is 4.82. The quantitative estimate of drug-likeness (QED) is 0.845. The van der Waals surface area contributed by atoms with Crippen molar-refractivity contribution in [1.29, 1.82) is 0 Å². The van der Waals surface area contributed by atoms with Crippen LogP contribution in [0.1, 0.15) is 48.9 Å². The van der Waals surface area contributed by atoms with Gasteiger partial charge in [-0.3, -0.25) is 0 Å². The fourth-order valence-corrected chi connectivity index (χ4v) is 3.44. The lowest BCUT2D eigenvalue weighted by Gasteiger charge is -2.36. The fourth-order valence-electron chi connectivity index (χ4n) is 3.44. The monoisotopic (exact) mass is 284 g/mol. The second-order valence-electron chi connectivity index (χ2n) is 5.69. The second kappa shape index (κ2) is 5.80. The Kier molecular flexibility index (Phi) is 4.26. The van der Waals surface area contributed by atoms with E-state index in [2.05, 4.69) is 26.0 Å². The zero-order valence-corrected chi connectivity index (χ0v) is 13.3. The van der Waals surface area contributed by atoms with Gasteiger partial charge in [0.1, 0.15) is 11.5 Å². The molecule has 0 aromatic heterocycles. The Morgan fingerprint density at radius 1 is 0.762 bits per heavy atom. The van der Waals surface area contributed by atoms with E-state index >= 15 is 0 Å². The van der Waals surface area contributed by atoms with E-state index in [9.17, 15) is 10.2 Å². The zero-order valence-electron chi connectivity index (χ0n) is 13.3. The molecule has 2 nitrogen and oxygen atoms in total. The van der Waals surface area contributed by atoms with Crippen molar-refractivity contribution in [3.05, 3.63) is 58.7 Å². The van der Waals surface area contributed by atoms with E-state index in [0.29, 0.717) is 11.5 Å². The average Bonchev–Trinajstić information content (AvgIpc) is 2.49. The van der Waals surface area contributed by atoms with Gasteiger partial charge < -0.3 is 10.2 Å². The maximum absolute atomic E-state index is 10.1. The molecule has 0 saturated heterocycles. The summed E-state index contributed by atoms with van der Waals surface area (Å²) in [6.07, 6.45) is 1.83. The van der Waals surface area contributed by atoms with Crippen LogP contribution >= 0.6 is 0 Å². The van der Waals surface area contributed by atoms with E-state index in [4.69, 9.17) is 0 Å². The van der Waals surface area contributed by atoms with E-state index < -0.39 is 0 Å². The van der Waals surface area contributed by atoms with Gasteiger partial charge in [-0.2, -0.15) is 0 Å². The van der Waals surface area contributed by atoms with Crippen LogP contribution in [0.3, 0.4) is 0 Å². The first-order chi connectivity index (χ1) is 9.97. The normalized spacial score (nSPS) is 11.6. The number of phenolic OH excluding ortho intramolecular Hbond substituents is 2. The van der Waals surface area contributed by atoms with Crippen LogP contribution in [0, 0.1) is 13.8 Å². The van der Waals surface area contributed by atoms with Gasteiger partial charge in [-0.15, -0.1) is 0 Å². The fraction of sp³-hybridized carbons (Fsp3) is 0.368. The van der Waals surface area contributed by atoms with Gasteiger partial charge in [0.25, 0.3) is 0 Å². The summed E-state index contributed by atoms with van der Waals surface area (Å²) in [4.78, 5) is 0. The molecule has 2 aromatic carbocycles. The Hall–Kier alpha value is -1.96. The number of benzene rings is 2. The molecule has 0 saturated carbocycles. The molecule has 0 bridgehead atoms. The summed E-state index contributed by atoms with van der Waals surface area (Å²) in [7, 11) is 0. The molecule has 2 N–H and O–H groups in total. The smallest absolute Gasteiger partial charge is 0.118 e. The van der Waals surface area contributed by atoms with Crippen molar-refractivity contribution in [2.75, 3.05) is 0 Å². The summed E-state index contributed by atoms with van der Waals surface area (Å²) >= 11 is 0. The number of phenols is 2. The molecule has 0 amide bonds. The lowest BCUT2D eigenvalue weighted by atomic mass is 9.68. The number of aromatic hydroxyl groups is 2. The van der Waals surface area contributed by atoms with Gasteiger partial charge in [-0.05, 0) is 61.1 Å². The molecule has 2 rings (SSSR count). The van der Waals surface area contributed by atoms with Gasteiger partial charge in [-0.1, -0.05) is 38.1 Å². The third kappa shape index (κ3) is 2.39. The highest BCUT2D eigenvalue weighted by atomic mass is 16.3. The minimum atomic E-state index is -0.189. The maximum atomic E-state index is 10.1. The molecular formula is C19H24O2. The van der Waals surface area contributed by atoms with Crippen LogP contribution in [0.4, 0.5) is 0 Å². The molecule has 2 aromatic rings. The minimum absolute atomic E-state index is 0.189. The van der Waals surface area contributed by atoms with E-state index in [1.165, 1.54) is 0 Å². The SMILES string of the molecule is CCC(CC)(c1cccc(O)c1C)c1cccc(O)c1C. The van der Waals surface area contributed by atoms with Crippen molar-refractivity contribution >= 4 is 0 Å². The molecule has 0 unspecified atom stereocenters. The van der Waals surface area contributed by atoms with Crippen molar-refractivity contribution < 1.29 is 10.2 Å². The van der Waals surface area contributed by atoms with Gasteiger partial charge in [-0.25, -0.2) is 0 Å². The van der Waals surface area contributed by atoms with Crippen LogP contribution in [0.15, 0.2) is 36.4 Å². The van der Waals surface area contributed by atoms with Crippen LogP contribution in [-0.4, -0.2) is 10.2 Å². The Bertz CT molecular complexity index is 587. The summed E-state index contributed by atoms with van der Waals surface area (Å²) in [6.45, 7) is 8.25. The van der Waals surface area contributed by atoms with Crippen LogP contribution < -0.4 is 0 Å². The third-order valence-electron chi connectivity index (χ3n) is 4.85. The van der Waals surface area contributed by atoms with Crippen LogP contribution in [0.25, 0.3) is 0 Å². The molecule has 0 atom stereocenters. The molecule has 0 spiro atoms. The summed E-state index contributed by atoms with van der Waals surface area (Å²) in [5.41, 5.74) is 3.93. The molecule has 0 aliphatic rings. The van der Waals surface area contributed by atoms with Crippen molar-refractivity contribution in [3.63, 3.8) is 0 Å². The Balaban J connectivity index is 2.77. The van der Waals surface area contributed by atoms with E-state index in [-0.39, 0.29) is 5.41 Å². The molecule has 0 aliphatic carbocycles. The van der Waals surface area contributed by atoms with Crippen molar-refractivity contribution in [1.82, 2.24) is 0 Å². The van der Waals surface area contributed by atoms with Gasteiger partial charge in [0.15, 0.2) is 0 Å². The van der Waals surface area contributed by atoms with Crippen LogP contribution in [0.5, 0.6) is 11.5 Å². The lowest BCUT2D eigenvalue weighted by Crippen LogP contribution is -2.28. The van der Waals surface area contributed by atoms with Gasteiger partial charge in [0, 0.05) is 5.41 Å². The zero-order chi connectivity index (χ0) is 15.6. The molecular weight excluding hydrogens is 260 g/mol. The molecule has 112 valence electrons. The molecule has 2 heteroatoms. The standard InChI is InChI=1S/C19H24O2/c1-5-19(6-2,15-9-7-11-17(20)13(15)3)16-10-8-12-18(21)14(16)4/h7-12,20-21H,5-6H2,1-4H3. The summed E-state index contributed by atoms with van der Waals surface area (Å²) < 4.78 is 0. The average molecular weight is 284 g/mol. The third-order valence-corrected chi connectivity index (χ3v) is 4.85. The van der Waals surface area contributed by atoms with Gasteiger partial charge >= 0.3 is 0 Å². The van der Waals surface area contributed by atoms with Crippen LogP contribution in [0.2, 0.25) is 0 Å². The van der Waals surface area contributed by atoms with Gasteiger partial charge in [0.05, 0.1) is 0 Å². The van der Waals surface area contributed by atoms with Crippen molar-refractivity contribution in [3.8, 4) is 11.5 Å². The maximum Gasteiger partial charge on any atom is 0.118 e. The highest BCUT2D eigenvalue weighted by Crippen LogP contribution is 2.44. The number of rotatable bonds is 4. The molecule has 0 heterocycles. The lowest BCUT2D eigenvalue weighted by molar-refractivity contribution is 0.441. The molecule has 0 radical (unpaired) electrons. The molecule has 0 aliphatic heterocycles. The number of hydrogen-bond donors (Lipinski definition) is 2. The minimum Gasteiger partial charge on any atom is -0.508 e. The largest absolute Gasteiger partial charge is 0.508 e. The Morgan fingerprint density at radius 3 is 1.48 bits per heavy atom. The summed E-state index contributed by atoms with van der Waals surface area (Å²) in [5, 5.41) is 20.2. The van der Waals surface area contributed by atoms with Crippen LogP contribution in [-0.2, 0) is 5.41 Å².